The quantitative estimate of drug-likeness (QED) is 0.775. The fraction of sp³-hybridized carbons (Fsp3) is 0.429. The SMILES string of the molecule is CCCc1nnc(NC(=O)CCC(=O)NCc2cccs2)s1. The molecule has 2 aromatic heterocycles. The highest BCUT2D eigenvalue weighted by atomic mass is 32.1. The predicted octanol–water partition coefficient (Wildman–Crippen LogP) is 2.59. The van der Waals surface area contributed by atoms with Gasteiger partial charge in [-0.1, -0.05) is 24.3 Å². The molecule has 0 aliphatic carbocycles. The van der Waals surface area contributed by atoms with Crippen molar-refractivity contribution in [3.8, 4) is 0 Å². The van der Waals surface area contributed by atoms with Crippen molar-refractivity contribution in [3.05, 3.63) is 27.4 Å². The fourth-order valence-corrected chi connectivity index (χ4v) is 3.22. The van der Waals surface area contributed by atoms with Crippen LogP contribution in [0.15, 0.2) is 17.5 Å². The minimum atomic E-state index is -0.217. The molecule has 0 radical (unpaired) electrons. The molecule has 0 spiro atoms. The zero-order valence-corrected chi connectivity index (χ0v) is 13.9. The van der Waals surface area contributed by atoms with E-state index in [0.717, 1.165) is 22.7 Å². The molecule has 0 fully saturated rings. The number of thiophene rings is 1. The van der Waals surface area contributed by atoms with E-state index in [1.54, 1.807) is 11.3 Å². The van der Waals surface area contributed by atoms with Gasteiger partial charge in [-0.3, -0.25) is 9.59 Å². The third-order valence-electron chi connectivity index (χ3n) is 2.80. The normalized spacial score (nSPS) is 10.4. The van der Waals surface area contributed by atoms with Gasteiger partial charge in [0.1, 0.15) is 5.01 Å². The molecule has 0 unspecified atom stereocenters. The van der Waals surface area contributed by atoms with Crippen LogP contribution < -0.4 is 10.6 Å². The van der Waals surface area contributed by atoms with Crippen LogP contribution in [0, 0.1) is 0 Å². The van der Waals surface area contributed by atoms with Gasteiger partial charge in [0.15, 0.2) is 0 Å². The standard InChI is InChI=1S/C14H18N4O2S2/c1-2-4-13-17-18-14(22-13)16-12(20)7-6-11(19)15-9-10-5-3-8-21-10/h3,5,8H,2,4,6-7,9H2,1H3,(H,15,19)(H,16,18,20). The summed E-state index contributed by atoms with van der Waals surface area (Å²) in [5.41, 5.74) is 0. The van der Waals surface area contributed by atoms with Crippen LogP contribution in [0.3, 0.4) is 0 Å². The van der Waals surface area contributed by atoms with Gasteiger partial charge in [0.05, 0.1) is 6.54 Å². The van der Waals surface area contributed by atoms with Gasteiger partial charge in [-0.05, 0) is 17.9 Å². The lowest BCUT2D eigenvalue weighted by atomic mass is 10.3. The van der Waals surface area contributed by atoms with Crippen molar-refractivity contribution in [2.75, 3.05) is 5.32 Å². The Morgan fingerprint density at radius 2 is 2.05 bits per heavy atom. The molecule has 0 saturated carbocycles. The predicted molar refractivity (Wildman–Crippen MR) is 87.9 cm³/mol. The summed E-state index contributed by atoms with van der Waals surface area (Å²) in [5.74, 6) is -0.349. The molecule has 2 aromatic rings. The average Bonchev–Trinajstić information content (AvgIpc) is 3.15. The molecule has 0 bridgehead atoms. The molecule has 0 saturated heterocycles. The fourth-order valence-electron chi connectivity index (χ4n) is 1.72. The summed E-state index contributed by atoms with van der Waals surface area (Å²) in [5, 5.41) is 16.7. The van der Waals surface area contributed by atoms with Crippen molar-refractivity contribution in [1.82, 2.24) is 15.5 Å². The van der Waals surface area contributed by atoms with Crippen LogP contribution in [-0.2, 0) is 22.6 Å². The van der Waals surface area contributed by atoms with Crippen LogP contribution in [0.4, 0.5) is 5.13 Å². The summed E-state index contributed by atoms with van der Waals surface area (Å²) >= 11 is 2.96. The molecule has 2 amide bonds. The molecule has 0 aliphatic heterocycles. The molecule has 2 heterocycles. The Bertz CT molecular complexity index is 610. The smallest absolute Gasteiger partial charge is 0.226 e. The van der Waals surface area contributed by atoms with Gasteiger partial charge in [-0.25, -0.2) is 0 Å². The molecule has 0 atom stereocenters. The summed E-state index contributed by atoms with van der Waals surface area (Å²) in [6, 6.07) is 3.90. The molecule has 2 rings (SSSR count). The maximum atomic E-state index is 11.8. The van der Waals surface area contributed by atoms with E-state index >= 15 is 0 Å². The molecule has 0 aromatic carbocycles. The van der Waals surface area contributed by atoms with Gasteiger partial charge in [-0.15, -0.1) is 21.5 Å². The van der Waals surface area contributed by atoms with Crippen molar-refractivity contribution in [2.24, 2.45) is 0 Å². The maximum Gasteiger partial charge on any atom is 0.226 e. The van der Waals surface area contributed by atoms with Gasteiger partial charge in [0, 0.05) is 24.1 Å². The van der Waals surface area contributed by atoms with Gasteiger partial charge < -0.3 is 10.6 Å². The third-order valence-corrected chi connectivity index (χ3v) is 4.57. The van der Waals surface area contributed by atoms with Gasteiger partial charge in [0.25, 0.3) is 0 Å². The zero-order chi connectivity index (χ0) is 15.8. The lowest BCUT2D eigenvalue weighted by Crippen LogP contribution is -2.24. The van der Waals surface area contributed by atoms with Crippen LogP contribution in [0.2, 0.25) is 0 Å². The number of carbonyl (C=O) groups is 2. The first-order chi connectivity index (χ1) is 10.7. The highest BCUT2D eigenvalue weighted by molar-refractivity contribution is 7.15. The lowest BCUT2D eigenvalue weighted by Gasteiger charge is -2.03. The van der Waals surface area contributed by atoms with Crippen molar-refractivity contribution >= 4 is 39.6 Å². The lowest BCUT2D eigenvalue weighted by molar-refractivity contribution is -0.124. The third kappa shape index (κ3) is 5.53. The van der Waals surface area contributed by atoms with E-state index in [1.807, 2.05) is 17.5 Å². The number of hydrogen-bond acceptors (Lipinski definition) is 6. The van der Waals surface area contributed by atoms with Crippen LogP contribution >= 0.6 is 22.7 Å². The minimum absolute atomic E-state index is 0.132. The number of rotatable bonds is 8. The van der Waals surface area contributed by atoms with E-state index in [-0.39, 0.29) is 24.7 Å². The molecular weight excluding hydrogens is 320 g/mol. The highest BCUT2D eigenvalue weighted by Gasteiger charge is 2.10. The number of amides is 2. The molecule has 0 aliphatic rings. The molecule has 6 nitrogen and oxygen atoms in total. The minimum Gasteiger partial charge on any atom is -0.351 e. The van der Waals surface area contributed by atoms with Gasteiger partial charge in [0.2, 0.25) is 16.9 Å². The number of nitrogens with zero attached hydrogens (tertiary/aromatic N) is 2. The van der Waals surface area contributed by atoms with Crippen molar-refractivity contribution in [1.29, 1.82) is 0 Å². The highest BCUT2D eigenvalue weighted by Crippen LogP contribution is 2.16. The number of anilines is 1. The second-order valence-corrected chi connectivity index (χ2v) is 6.75. The monoisotopic (exact) mass is 338 g/mol. The first kappa shape index (κ1) is 16.6. The van der Waals surface area contributed by atoms with Crippen LogP contribution in [0.1, 0.15) is 36.1 Å². The largest absolute Gasteiger partial charge is 0.351 e. The number of hydrogen-bond donors (Lipinski definition) is 2. The Morgan fingerprint density at radius 1 is 1.23 bits per heavy atom. The summed E-state index contributed by atoms with van der Waals surface area (Å²) < 4.78 is 0. The summed E-state index contributed by atoms with van der Waals surface area (Å²) in [6.07, 6.45) is 2.16. The molecule has 118 valence electrons. The Hall–Kier alpha value is -1.80. The van der Waals surface area contributed by atoms with Crippen molar-refractivity contribution in [3.63, 3.8) is 0 Å². The van der Waals surface area contributed by atoms with Crippen molar-refractivity contribution < 1.29 is 9.59 Å². The topological polar surface area (TPSA) is 84.0 Å². The molecule has 22 heavy (non-hydrogen) atoms. The van der Waals surface area contributed by atoms with Crippen LogP contribution in [-0.4, -0.2) is 22.0 Å². The molecule has 2 N–H and O–H groups in total. The van der Waals surface area contributed by atoms with E-state index < -0.39 is 0 Å². The van der Waals surface area contributed by atoms with E-state index in [4.69, 9.17) is 0 Å². The Labute approximate surface area is 137 Å². The summed E-state index contributed by atoms with van der Waals surface area (Å²) in [4.78, 5) is 24.5. The average molecular weight is 338 g/mol. The van der Waals surface area contributed by atoms with E-state index in [2.05, 4.69) is 27.8 Å². The second-order valence-electron chi connectivity index (χ2n) is 4.66. The Morgan fingerprint density at radius 3 is 2.77 bits per heavy atom. The van der Waals surface area contributed by atoms with Crippen LogP contribution in [0.25, 0.3) is 0 Å². The number of carbonyl (C=O) groups excluding carboxylic acids is 2. The summed E-state index contributed by atoms with van der Waals surface area (Å²) in [7, 11) is 0. The van der Waals surface area contributed by atoms with Gasteiger partial charge in [-0.2, -0.15) is 0 Å². The first-order valence-corrected chi connectivity index (χ1v) is 8.78. The maximum absolute atomic E-state index is 11.8. The number of nitrogens with one attached hydrogen (secondary N) is 2. The second kappa shape index (κ2) is 8.60. The molecular formula is C14H18N4O2S2. The van der Waals surface area contributed by atoms with E-state index in [9.17, 15) is 9.59 Å². The van der Waals surface area contributed by atoms with Crippen LogP contribution in [0.5, 0.6) is 0 Å². The van der Waals surface area contributed by atoms with Crippen molar-refractivity contribution in [2.45, 2.75) is 39.2 Å². The zero-order valence-electron chi connectivity index (χ0n) is 12.3. The number of aryl methyl sites for hydroxylation is 1. The Kier molecular flexibility index (Phi) is 6.47. The van der Waals surface area contributed by atoms with Gasteiger partial charge >= 0.3 is 0 Å². The Balaban J connectivity index is 1.67. The van der Waals surface area contributed by atoms with E-state index in [0.29, 0.717) is 11.7 Å². The van der Waals surface area contributed by atoms with E-state index in [1.165, 1.54) is 11.3 Å². The molecule has 8 heteroatoms. The summed E-state index contributed by atoms with van der Waals surface area (Å²) in [6.45, 7) is 2.57. The number of aromatic nitrogens is 2. The first-order valence-electron chi connectivity index (χ1n) is 7.08.